The van der Waals surface area contributed by atoms with Crippen LogP contribution in [0.2, 0.25) is 0 Å². The maximum Gasteiger partial charge on any atom is 0.0831 e. The summed E-state index contributed by atoms with van der Waals surface area (Å²) in [5.74, 6) is 0. The van der Waals surface area contributed by atoms with Gasteiger partial charge < -0.3 is 0 Å². The Morgan fingerprint density at radius 3 is 1.36 bits per heavy atom. The lowest BCUT2D eigenvalue weighted by molar-refractivity contribution is 1.20. The highest BCUT2D eigenvalue weighted by molar-refractivity contribution is 6.42. The van der Waals surface area contributed by atoms with Crippen molar-refractivity contribution in [3.63, 3.8) is 0 Å². The third-order valence-corrected chi connectivity index (χ3v) is 3.57. The van der Waals surface area contributed by atoms with Crippen molar-refractivity contribution in [1.29, 1.82) is 0 Å². The molecular weight excluding hydrogens is 352 g/mol. The summed E-state index contributed by atoms with van der Waals surface area (Å²) in [6, 6.07) is 11.2. The molecule has 2 aromatic heterocycles. The second-order valence-electron chi connectivity index (χ2n) is 5.74. The summed E-state index contributed by atoms with van der Waals surface area (Å²) >= 11 is 0. The zero-order valence-corrected chi connectivity index (χ0v) is 16.4. The van der Waals surface area contributed by atoms with E-state index in [0.717, 1.165) is 11.4 Å². The molecule has 0 saturated heterocycles. The minimum Gasteiger partial charge on any atom is -0.255 e. The second-order valence-corrected chi connectivity index (χ2v) is 5.74. The van der Waals surface area contributed by atoms with Crippen LogP contribution in [0.25, 0.3) is 0 Å². The van der Waals surface area contributed by atoms with Crippen LogP contribution in [0, 0.1) is 0 Å². The molecule has 0 spiro atoms. The molecule has 0 amide bonds. The largest absolute Gasteiger partial charge is 0.255 e. The van der Waals surface area contributed by atoms with Crippen molar-refractivity contribution in [2.45, 2.75) is 27.7 Å². The van der Waals surface area contributed by atoms with Crippen LogP contribution in [0.15, 0.2) is 79.4 Å². The Kier molecular flexibility index (Phi) is 8.19. The smallest absolute Gasteiger partial charge is 0.0831 e. The van der Waals surface area contributed by atoms with Crippen molar-refractivity contribution in [1.82, 2.24) is 9.97 Å². The molecule has 2 aromatic rings. The number of nitrogens with zero attached hydrogens (tertiary/aromatic N) is 8. The molecule has 8 nitrogen and oxygen atoms in total. The van der Waals surface area contributed by atoms with Crippen LogP contribution in [-0.4, -0.2) is 45.2 Å². The van der Waals surface area contributed by atoms with E-state index in [0.29, 0.717) is 22.8 Å². The van der Waals surface area contributed by atoms with E-state index in [1.165, 1.54) is 0 Å². The number of aromatic nitrogens is 2. The molecule has 0 fully saturated rings. The Labute approximate surface area is 164 Å². The van der Waals surface area contributed by atoms with Crippen molar-refractivity contribution in [3.05, 3.63) is 60.2 Å². The van der Waals surface area contributed by atoms with Gasteiger partial charge >= 0.3 is 0 Å². The minimum absolute atomic E-state index is 0.655. The van der Waals surface area contributed by atoms with E-state index in [1.54, 1.807) is 24.8 Å². The predicted octanol–water partition coefficient (Wildman–Crippen LogP) is 3.60. The van der Waals surface area contributed by atoms with E-state index >= 15 is 0 Å². The maximum absolute atomic E-state index is 4.18. The summed E-state index contributed by atoms with van der Waals surface area (Å²) in [4.78, 5) is 8.29. The van der Waals surface area contributed by atoms with Crippen LogP contribution in [0.3, 0.4) is 0 Å². The van der Waals surface area contributed by atoms with Gasteiger partial charge in [0.2, 0.25) is 0 Å². The first-order chi connectivity index (χ1) is 13.6. The Balaban J connectivity index is 1.99. The molecule has 0 radical (unpaired) electrons. The first-order valence-corrected chi connectivity index (χ1v) is 8.63. The van der Waals surface area contributed by atoms with Crippen LogP contribution < -0.4 is 0 Å². The van der Waals surface area contributed by atoms with Crippen molar-refractivity contribution < 1.29 is 0 Å². The normalized spacial score (nSPS) is 14.3. The van der Waals surface area contributed by atoms with Crippen molar-refractivity contribution in [2.24, 2.45) is 30.6 Å². The molecule has 0 aliphatic heterocycles. The third-order valence-electron chi connectivity index (χ3n) is 3.57. The number of hydrogen-bond donors (Lipinski definition) is 0. The van der Waals surface area contributed by atoms with Gasteiger partial charge in [-0.1, -0.05) is 12.1 Å². The first-order valence-electron chi connectivity index (χ1n) is 8.63. The fraction of sp³-hybridized carbons (Fsp3) is 0.200. The van der Waals surface area contributed by atoms with Gasteiger partial charge in [0.1, 0.15) is 0 Å². The van der Waals surface area contributed by atoms with E-state index in [-0.39, 0.29) is 0 Å². The molecule has 0 aliphatic rings. The Bertz CT molecular complexity index is 859. The van der Waals surface area contributed by atoms with E-state index in [2.05, 4.69) is 40.6 Å². The Morgan fingerprint density at radius 2 is 1.00 bits per heavy atom. The van der Waals surface area contributed by atoms with Gasteiger partial charge in [-0.15, -0.1) is 0 Å². The molecule has 2 heterocycles. The van der Waals surface area contributed by atoms with Crippen LogP contribution in [0.1, 0.15) is 39.1 Å². The van der Waals surface area contributed by atoms with E-state index in [4.69, 9.17) is 0 Å². The molecule has 2 rings (SSSR count). The molecule has 0 unspecified atom stereocenters. The van der Waals surface area contributed by atoms with Gasteiger partial charge in [0.05, 0.1) is 46.7 Å². The summed E-state index contributed by atoms with van der Waals surface area (Å²) in [6.45, 7) is 7.27. The average molecular weight is 374 g/mol. The van der Waals surface area contributed by atoms with Gasteiger partial charge in [0, 0.05) is 12.4 Å². The third kappa shape index (κ3) is 7.28. The minimum atomic E-state index is 0.655. The number of pyridine rings is 2. The lowest BCUT2D eigenvalue weighted by Gasteiger charge is -1.97. The van der Waals surface area contributed by atoms with Gasteiger partial charge in [0.25, 0.3) is 0 Å². The molecule has 8 heteroatoms. The van der Waals surface area contributed by atoms with Crippen molar-refractivity contribution in [2.75, 3.05) is 0 Å². The highest BCUT2D eigenvalue weighted by Gasteiger charge is 1.99. The number of hydrogen-bond acceptors (Lipinski definition) is 8. The van der Waals surface area contributed by atoms with Crippen LogP contribution in [-0.2, 0) is 0 Å². The SMILES string of the molecule is CC(=N\N=C\c1ccccn1)/C(C)=N/N=C(C)/C(C)=N/N=C/c1ccccn1. The molecular formula is C20H22N8. The molecule has 28 heavy (non-hydrogen) atoms. The molecule has 0 N–H and O–H groups in total. The molecule has 0 aromatic carbocycles. The Morgan fingerprint density at radius 1 is 0.607 bits per heavy atom. The summed E-state index contributed by atoms with van der Waals surface area (Å²) < 4.78 is 0. The van der Waals surface area contributed by atoms with Crippen LogP contribution >= 0.6 is 0 Å². The van der Waals surface area contributed by atoms with Crippen LogP contribution in [0.5, 0.6) is 0 Å². The summed E-state index contributed by atoms with van der Waals surface area (Å²) in [6.07, 6.45) is 6.57. The Hall–Kier alpha value is -3.68. The first kappa shape index (κ1) is 20.6. The zero-order valence-electron chi connectivity index (χ0n) is 16.4. The second kappa shape index (κ2) is 11.1. The zero-order chi connectivity index (χ0) is 20.2. The number of rotatable bonds is 7. The fourth-order valence-electron chi connectivity index (χ4n) is 1.69. The van der Waals surface area contributed by atoms with Crippen LogP contribution in [0.4, 0.5) is 0 Å². The average Bonchev–Trinajstić information content (AvgIpc) is 2.73. The fourth-order valence-corrected chi connectivity index (χ4v) is 1.69. The summed E-state index contributed by atoms with van der Waals surface area (Å²) in [5.41, 5.74) is 4.10. The van der Waals surface area contributed by atoms with Gasteiger partial charge in [-0.25, -0.2) is 0 Å². The van der Waals surface area contributed by atoms with E-state index in [1.807, 2.05) is 64.1 Å². The lowest BCUT2D eigenvalue weighted by atomic mass is 10.3. The van der Waals surface area contributed by atoms with E-state index < -0.39 is 0 Å². The predicted molar refractivity (Wildman–Crippen MR) is 116 cm³/mol. The molecule has 0 saturated carbocycles. The topological polar surface area (TPSA) is 99.9 Å². The highest BCUT2D eigenvalue weighted by Crippen LogP contribution is 1.94. The summed E-state index contributed by atoms with van der Waals surface area (Å²) in [5, 5.41) is 24.6. The van der Waals surface area contributed by atoms with Gasteiger partial charge in [0.15, 0.2) is 0 Å². The van der Waals surface area contributed by atoms with Gasteiger partial charge in [-0.05, 0) is 52.0 Å². The van der Waals surface area contributed by atoms with Gasteiger partial charge in [-0.2, -0.15) is 30.6 Å². The standard InChI is InChI=1S/C20H22N8/c1-15(25-23-13-19-9-5-7-11-21-19)17(3)27-28-18(4)16(2)26-24-14-20-10-6-8-12-22-20/h5-14H,1-4H3/b23-13+,24-14+,25-15+,26-16+,27-17+,28-18+. The molecule has 142 valence electrons. The quantitative estimate of drug-likeness (QED) is 0.546. The highest BCUT2D eigenvalue weighted by atomic mass is 15.3. The molecule has 0 aliphatic carbocycles. The van der Waals surface area contributed by atoms with Gasteiger partial charge in [-0.3, -0.25) is 9.97 Å². The molecule has 0 atom stereocenters. The monoisotopic (exact) mass is 374 g/mol. The van der Waals surface area contributed by atoms with E-state index in [9.17, 15) is 0 Å². The summed E-state index contributed by atoms with van der Waals surface area (Å²) in [7, 11) is 0. The molecule has 0 bridgehead atoms. The maximum atomic E-state index is 4.18. The van der Waals surface area contributed by atoms with Crippen molar-refractivity contribution in [3.8, 4) is 0 Å². The lowest BCUT2D eigenvalue weighted by Crippen LogP contribution is -2.07. The van der Waals surface area contributed by atoms with Crippen molar-refractivity contribution >= 4 is 35.3 Å².